The Bertz CT molecular complexity index is 846. The van der Waals surface area contributed by atoms with Crippen LogP contribution in [0, 0.1) is 0 Å². The first-order chi connectivity index (χ1) is 11.5. The lowest BCUT2D eigenvalue weighted by atomic mass is 10.2. The molecule has 1 aliphatic rings. The number of hydrogen-bond acceptors (Lipinski definition) is 3. The highest BCUT2D eigenvalue weighted by Crippen LogP contribution is 2.36. The Morgan fingerprint density at radius 1 is 0.917 bits per heavy atom. The second-order valence-corrected chi connectivity index (χ2v) is 7.21. The Morgan fingerprint density at radius 3 is 2.21 bits per heavy atom. The molecule has 3 rings (SSSR count). The van der Waals surface area contributed by atoms with Crippen LogP contribution in [0.2, 0.25) is 15.1 Å². The molecule has 0 radical (unpaired) electrons. The van der Waals surface area contributed by atoms with Crippen molar-refractivity contribution in [3.63, 3.8) is 0 Å². The van der Waals surface area contributed by atoms with Gasteiger partial charge in [0.15, 0.2) is 0 Å². The number of carbonyl (C=O) groups excluding carboxylic acids is 2. The van der Waals surface area contributed by atoms with Gasteiger partial charge in [-0.25, -0.2) is 0 Å². The van der Waals surface area contributed by atoms with Gasteiger partial charge in [0.2, 0.25) is 0 Å². The maximum Gasteiger partial charge on any atom is 0.293 e. The second-order valence-electron chi connectivity index (χ2n) is 4.99. The molecule has 0 spiro atoms. The Labute approximate surface area is 158 Å². The van der Waals surface area contributed by atoms with Crippen LogP contribution in [0.5, 0.6) is 0 Å². The minimum Gasteiger partial charge on any atom is -0.268 e. The van der Waals surface area contributed by atoms with E-state index in [2.05, 4.69) is 0 Å². The molecule has 3 nitrogen and oxygen atoms in total. The number of halogens is 3. The SMILES string of the molecule is O=C1S/C(=C\c2c(Cl)cccc2Cl)C(=O)N1Cc1ccccc1Cl. The van der Waals surface area contributed by atoms with Crippen LogP contribution in [0.3, 0.4) is 0 Å². The molecular formula is C17H10Cl3NO2S. The van der Waals surface area contributed by atoms with Crippen LogP contribution >= 0.6 is 46.6 Å². The molecule has 1 saturated heterocycles. The molecule has 0 atom stereocenters. The zero-order valence-corrected chi connectivity index (χ0v) is 15.2. The van der Waals surface area contributed by atoms with Crippen molar-refractivity contribution < 1.29 is 9.59 Å². The van der Waals surface area contributed by atoms with E-state index in [9.17, 15) is 9.59 Å². The number of amides is 2. The molecule has 1 heterocycles. The van der Waals surface area contributed by atoms with Gasteiger partial charge in [-0.3, -0.25) is 14.5 Å². The molecule has 0 unspecified atom stereocenters. The van der Waals surface area contributed by atoms with E-state index in [0.29, 0.717) is 26.2 Å². The highest BCUT2D eigenvalue weighted by Gasteiger charge is 2.35. The van der Waals surface area contributed by atoms with Crippen molar-refractivity contribution in [2.45, 2.75) is 6.54 Å². The smallest absolute Gasteiger partial charge is 0.268 e. The lowest BCUT2D eigenvalue weighted by Gasteiger charge is -2.13. The first-order valence-electron chi connectivity index (χ1n) is 6.90. The third kappa shape index (κ3) is 3.47. The molecule has 24 heavy (non-hydrogen) atoms. The molecule has 0 bridgehead atoms. The third-order valence-corrected chi connectivity index (χ3v) is 5.37. The Morgan fingerprint density at radius 2 is 1.54 bits per heavy atom. The van der Waals surface area contributed by atoms with Crippen LogP contribution in [0.4, 0.5) is 4.79 Å². The van der Waals surface area contributed by atoms with Gasteiger partial charge >= 0.3 is 0 Å². The number of benzene rings is 2. The molecule has 1 aliphatic heterocycles. The van der Waals surface area contributed by atoms with Gasteiger partial charge in [-0.1, -0.05) is 59.1 Å². The lowest BCUT2D eigenvalue weighted by Crippen LogP contribution is -2.27. The summed E-state index contributed by atoms with van der Waals surface area (Å²) in [6.07, 6.45) is 1.54. The van der Waals surface area contributed by atoms with Crippen LogP contribution in [0.15, 0.2) is 47.4 Å². The second kappa shape index (κ2) is 7.19. The standard InChI is InChI=1S/C17H10Cl3NO2S/c18-12-5-2-1-4-10(12)9-21-16(22)15(24-17(21)23)8-11-13(19)6-3-7-14(11)20/h1-8H,9H2/b15-8-. The van der Waals surface area contributed by atoms with E-state index in [1.54, 1.807) is 48.5 Å². The van der Waals surface area contributed by atoms with Crippen LogP contribution in [-0.4, -0.2) is 16.0 Å². The number of imide groups is 1. The predicted octanol–water partition coefficient (Wildman–Crippen LogP) is 5.88. The van der Waals surface area contributed by atoms with E-state index in [-0.39, 0.29) is 22.6 Å². The zero-order chi connectivity index (χ0) is 17.3. The molecular weight excluding hydrogens is 389 g/mol. The maximum absolute atomic E-state index is 12.5. The minimum atomic E-state index is -0.388. The molecule has 0 N–H and O–H groups in total. The minimum absolute atomic E-state index is 0.123. The maximum atomic E-state index is 12.5. The first-order valence-corrected chi connectivity index (χ1v) is 8.85. The fraction of sp³-hybridized carbons (Fsp3) is 0.0588. The van der Waals surface area contributed by atoms with Crippen LogP contribution in [0.25, 0.3) is 6.08 Å². The van der Waals surface area contributed by atoms with Gasteiger partial charge in [0.1, 0.15) is 0 Å². The number of rotatable bonds is 3. The molecule has 7 heteroatoms. The van der Waals surface area contributed by atoms with E-state index in [1.807, 2.05) is 0 Å². The number of carbonyl (C=O) groups is 2. The number of thioether (sulfide) groups is 1. The third-order valence-electron chi connectivity index (χ3n) is 3.44. The van der Waals surface area contributed by atoms with Gasteiger partial charge in [-0.2, -0.15) is 0 Å². The Kier molecular flexibility index (Phi) is 5.21. The first kappa shape index (κ1) is 17.4. The molecule has 0 aromatic heterocycles. The van der Waals surface area contributed by atoms with Crippen LogP contribution < -0.4 is 0 Å². The zero-order valence-electron chi connectivity index (χ0n) is 12.1. The van der Waals surface area contributed by atoms with Crippen molar-refractivity contribution in [3.05, 3.63) is 73.6 Å². The van der Waals surface area contributed by atoms with E-state index in [4.69, 9.17) is 34.8 Å². The highest BCUT2D eigenvalue weighted by atomic mass is 35.5. The summed E-state index contributed by atoms with van der Waals surface area (Å²) in [6.45, 7) is 0.123. The summed E-state index contributed by atoms with van der Waals surface area (Å²) in [4.78, 5) is 26.2. The summed E-state index contributed by atoms with van der Waals surface area (Å²) < 4.78 is 0. The summed E-state index contributed by atoms with van der Waals surface area (Å²) in [5, 5.41) is 0.991. The molecule has 2 aromatic rings. The monoisotopic (exact) mass is 397 g/mol. The van der Waals surface area contributed by atoms with Gasteiger partial charge in [0, 0.05) is 20.6 Å². The molecule has 2 amide bonds. The molecule has 2 aromatic carbocycles. The van der Waals surface area contributed by atoms with E-state index < -0.39 is 0 Å². The van der Waals surface area contributed by atoms with Gasteiger partial charge < -0.3 is 0 Å². The summed E-state index contributed by atoms with van der Waals surface area (Å²) in [5.41, 5.74) is 1.22. The van der Waals surface area contributed by atoms with Gasteiger partial charge in [-0.05, 0) is 41.6 Å². The average molecular weight is 399 g/mol. The normalized spacial score (nSPS) is 16.3. The van der Waals surface area contributed by atoms with E-state index in [0.717, 1.165) is 16.7 Å². The fourth-order valence-electron chi connectivity index (χ4n) is 2.21. The fourth-order valence-corrected chi connectivity index (χ4v) is 3.74. The van der Waals surface area contributed by atoms with Crippen LogP contribution in [-0.2, 0) is 11.3 Å². The van der Waals surface area contributed by atoms with E-state index in [1.165, 1.54) is 0 Å². The van der Waals surface area contributed by atoms with Crippen molar-refractivity contribution in [2.24, 2.45) is 0 Å². The molecule has 0 saturated carbocycles. The van der Waals surface area contributed by atoms with Crippen molar-refractivity contribution in [1.82, 2.24) is 4.90 Å². The van der Waals surface area contributed by atoms with Crippen molar-refractivity contribution in [1.29, 1.82) is 0 Å². The predicted molar refractivity (Wildman–Crippen MR) is 99.4 cm³/mol. The molecule has 122 valence electrons. The Balaban J connectivity index is 1.89. The van der Waals surface area contributed by atoms with Crippen molar-refractivity contribution in [2.75, 3.05) is 0 Å². The van der Waals surface area contributed by atoms with Gasteiger partial charge in [0.05, 0.1) is 11.4 Å². The quantitative estimate of drug-likeness (QED) is 0.606. The average Bonchev–Trinajstić information content (AvgIpc) is 2.80. The van der Waals surface area contributed by atoms with E-state index >= 15 is 0 Å². The lowest BCUT2D eigenvalue weighted by molar-refractivity contribution is -0.123. The van der Waals surface area contributed by atoms with Crippen molar-refractivity contribution in [3.8, 4) is 0 Å². The highest BCUT2D eigenvalue weighted by molar-refractivity contribution is 8.18. The van der Waals surface area contributed by atoms with Gasteiger partial charge in [0.25, 0.3) is 11.1 Å². The van der Waals surface area contributed by atoms with Gasteiger partial charge in [-0.15, -0.1) is 0 Å². The summed E-state index contributed by atoms with van der Waals surface area (Å²) in [5.74, 6) is -0.388. The van der Waals surface area contributed by atoms with Crippen LogP contribution in [0.1, 0.15) is 11.1 Å². The summed E-state index contributed by atoms with van der Waals surface area (Å²) in [7, 11) is 0. The number of nitrogens with zero attached hydrogens (tertiary/aromatic N) is 1. The Hall–Kier alpha value is -1.46. The summed E-state index contributed by atoms with van der Waals surface area (Å²) in [6, 6.07) is 12.2. The molecule has 0 aliphatic carbocycles. The largest absolute Gasteiger partial charge is 0.293 e. The topological polar surface area (TPSA) is 37.4 Å². The van der Waals surface area contributed by atoms with Crippen molar-refractivity contribution >= 4 is 63.8 Å². The summed E-state index contributed by atoms with van der Waals surface area (Å²) >= 11 is 19.2. The molecule has 1 fully saturated rings. The number of hydrogen-bond donors (Lipinski definition) is 0.